The molecule has 138 valence electrons. The number of anilines is 1. The van der Waals surface area contributed by atoms with Crippen molar-refractivity contribution in [3.8, 4) is 0 Å². The first-order chi connectivity index (χ1) is 12.2. The summed E-state index contributed by atoms with van der Waals surface area (Å²) in [5.41, 5.74) is 0.691. The summed E-state index contributed by atoms with van der Waals surface area (Å²) in [5, 5.41) is 0. The molecular weight excluding hydrogens is 322 g/mol. The average Bonchev–Trinajstić information content (AvgIpc) is 3.03. The highest BCUT2D eigenvalue weighted by atomic mass is 19.1. The third-order valence-electron chi connectivity index (χ3n) is 5.57. The summed E-state index contributed by atoms with van der Waals surface area (Å²) in [6.07, 6.45) is 7.73. The van der Waals surface area contributed by atoms with E-state index in [2.05, 4.69) is 4.90 Å². The van der Waals surface area contributed by atoms with Crippen molar-refractivity contribution in [1.82, 2.24) is 4.90 Å². The number of benzene rings is 1. The smallest absolute Gasteiger partial charge is 0.229 e. The monoisotopic (exact) mass is 350 g/mol. The number of halogens is 2. The van der Waals surface area contributed by atoms with Gasteiger partial charge < -0.3 is 4.90 Å². The fourth-order valence-electron chi connectivity index (χ4n) is 4.39. The second-order valence-corrected chi connectivity index (χ2v) is 7.19. The second kappa shape index (κ2) is 8.75. The van der Waals surface area contributed by atoms with Crippen LogP contribution in [0.4, 0.5) is 14.5 Å². The molecule has 1 aliphatic heterocycles. The highest BCUT2D eigenvalue weighted by molar-refractivity contribution is 5.94. The zero-order valence-corrected chi connectivity index (χ0v) is 14.8. The molecule has 2 aliphatic rings. The molecule has 3 rings (SSSR count). The van der Waals surface area contributed by atoms with E-state index in [1.807, 2.05) is 0 Å². The standard InChI is InChI=1S/C20H28F2N2O/c21-13-12-20(25)24(17-10-8-16(22)9-11-17)19-7-3-1-2-6-18(19)23-14-4-5-15-23/h8-11,18-19H,1-7,12-15H2. The van der Waals surface area contributed by atoms with Crippen molar-refractivity contribution in [2.24, 2.45) is 0 Å². The van der Waals surface area contributed by atoms with Crippen LogP contribution in [0.25, 0.3) is 0 Å². The van der Waals surface area contributed by atoms with Crippen LogP contribution in [0.2, 0.25) is 0 Å². The van der Waals surface area contributed by atoms with E-state index in [1.165, 1.54) is 37.8 Å². The predicted molar refractivity (Wildman–Crippen MR) is 95.9 cm³/mol. The molecule has 1 aromatic rings. The quantitative estimate of drug-likeness (QED) is 0.739. The summed E-state index contributed by atoms with van der Waals surface area (Å²) in [6, 6.07) is 6.43. The summed E-state index contributed by atoms with van der Waals surface area (Å²) in [6.45, 7) is 1.50. The number of nitrogens with zero attached hydrogens (tertiary/aromatic N) is 2. The molecule has 0 bridgehead atoms. The molecule has 25 heavy (non-hydrogen) atoms. The lowest BCUT2D eigenvalue weighted by Gasteiger charge is -2.40. The lowest BCUT2D eigenvalue weighted by atomic mass is 9.98. The van der Waals surface area contributed by atoms with Gasteiger partial charge in [-0.3, -0.25) is 14.1 Å². The summed E-state index contributed by atoms with van der Waals surface area (Å²) in [7, 11) is 0. The molecule has 3 nitrogen and oxygen atoms in total. The van der Waals surface area contributed by atoms with Gasteiger partial charge in [0.1, 0.15) is 5.82 Å². The van der Waals surface area contributed by atoms with E-state index in [1.54, 1.807) is 17.0 Å². The van der Waals surface area contributed by atoms with Crippen LogP contribution in [0, 0.1) is 5.82 Å². The Labute approximate surface area is 149 Å². The Morgan fingerprint density at radius 3 is 2.40 bits per heavy atom. The normalized spacial score (nSPS) is 24.9. The Balaban J connectivity index is 1.92. The Bertz CT molecular complexity index is 557. The highest BCUT2D eigenvalue weighted by Crippen LogP contribution is 2.32. The van der Waals surface area contributed by atoms with Crippen molar-refractivity contribution in [2.45, 2.75) is 63.5 Å². The maximum Gasteiger partial charge on any atom is 0.229 e. The molecule has 5 heteroatoms. The summed E-state index contributed by atoms with van der Waals surface area (Å²) < 4.78 is 26.3. The van der Waals surface area contributed by atoms with Crippen LogP contribution in [-0.2, 0) is 4.79 Å². The number of amides is 1. The lowest BCUT2D eigenvalue weighted by molar-refractivity contribution is -0.119. The van der Waals surface area contributed by atoms with Gasteiger partial charge in [-0.15, -0.1) is 0 Å². The molecule has 1 amide bonds. The maximum absolute atomic E-state index is 13.4. The number of carbonyl (C=O) groups excluding carboxylic acids is 1. The molecule has 2 fully saturated rings. The van der Waals surface area contributed by atoms with Gasteiger partial charge in [-0.05, 0) is 63.0 Å². The zero-order chi connectivity index (χ0) is 17.6. The van der Waals surface area contributed by atoms with E-state index in [9.17, 15) is 13.6 Å². The molecule has 1 aliphatic carbocycles. The third kappa shape index (κ3) is 4.38. The second-order valence-electron chi connectivity index (χ2n) is 7.19. The van der Waals surface area contributed by atoms with Crippen LogP contribution in [0.5, 0.6) is 0 Å². The van der Waals surface area contributed by atoms with E-state index in [0.29, 0.717) is 11.7 Å². The van der Waals surface area contributed by atoms with Gasteiger partial charge in [0, 0.05) is 11.7 Å². The third-order valence-corrected chi connectivity index (χ3v) is 5.57. The van der Waals surface area contributed by atoms with Gasteiger partial charge in [0.05, 0.1) is 19.1 Å². The summed E-state index contributed by atoms with van der Waals surface area (Å²) in [4.78, 5) is 17.1. The summed E-state index contributed by atoms with van der Waals surface area (Å²) in [5.74, 6) is -0.510. The average molecular weight is 350 g/mol. The molecule has 1 aromatic carbocycles. The van der Waals surface area contributed by atoms with Crippen LogP contribution in [0.3, 0.4) is 0 Å². The molecule has 1 saturated heterocycles. The molecular formula is C20H28F2N2O. The van der Waals surface area contributed by atoms with Crippen molar-refractivity contribution in [3.63, 3.8) is 0 Å². The largest absolute Gasteiger partial charge is 0.308 e. The van der Waals surface area contributed by atoms with Gasteiger partial charge in [-0.1, -0.05) is 19.3 Å². The maximum atomic E-state index is 13.4. The fourth-order valence-corrected chi connectivity index (χ4v) is 4.39. The van der Waals surface area contributed by atoms with Crippen LogP contribution in [0.1, 0.15) is 51.4 Å². The number of hydrogen-bond acceptors (Lipinski definition) is 2. The molecule has 1 heterocycles. The highest BCUT2D eigenvalue weighted by Gasteiger charge is 2.36. The topological polar surface area (TPSA) is 23.6 Å². The van der Waals surface area contributed by atoms with E-state index >= 15 is 0 Å². The molecule has 0 aromatic heterocycles. The van der Waals surface area contributed by atoms with Gasteiger partial charge in [0.15, 0.2) is 0 Å². The minimum atomic E-state index is -0.655. The van der Waals surface area contributed by atoms with E-state index in [-0.39, 0.29) is 24.2 Å². The first-order valence-electron chi connectivity index (χ1n) is 9.58. The Morgan fingerprint density at radius 2 is 1.72 bits per heavy atom. The zero-order valence-electron chi connectivity index (χ0n) is 14.8. The number of likely N-dealkylation sites (tertiary alicyclic amines) is 1. The molecule has 2 unspecified atom stereocenters. The van der Waals surface area contributed by atoms with Crippen LogP contribution in [0.15, 0.2) is 24.3 Å². The van der Waals surface area contributed by atoms with Gasteiger partial charge in [-0.2, -0.15) is 0 Å². The minimum Gasteiger partial charge on any atom is -0.308 e. The Kier molecular flexibility index (Phi) is 6.40. The van der Waals surface area contributed by atoms with Crippen molar-refractivity contribution in [3.05, 3.63) is 30.1 Å². The first kappa shape index (κ1) is 18.3. The lowest BCUT2D eigenvalue weighted by Crippen LogP contribution is -2.53. The van der Waals surface area contributed by atoms with Crippen LogP contribution >= 0.6 is 0 Å². The van der Waals surface area contributed by atoms with Gasteiger partial charge in [0.25, 0.3) is 0 Å². The Morgan fingerprint density at radius 1 is 1.04 bits per heavy atom. The number of hydrogen-bond donors (Lipinski definition) is 0. The van der Waals surface area contributed by atoms with Crippen molar-refractivity contribution < 1.29 is 13.6 Å². The van der Waals surface area contributed by atoms with Gasteiger partial charge in [0.2, 0.25) is 5.91 Å². The molecule has 0 radical (unpaired) electrons. The number of carbonyl (C=O) groups is 1. The molecule has 1 saturated carbocycles. The first-order valence-corrected chi connectivity index (χ1v) is 9.58. The molecule has 2 atom stereocenters. The van der Waals surface area contributed by atoms with Crippen molar-refractivity contribution in [2.75, 3.05) is 24.7 Å². The van der Waals surface area contributed by atoms with Crippen molar-refractivity contribution in [1.29, 1.82) is 0 Å². The Hall–Kier alpha value is -1.49. The van der Waals surface area contributed by atoms with E-state index in [4.69, 9.17) is 0 Å². The van der Waals surface area contributed by atoms with E-state index < -0.39 is 6.67 Å². The minimum absolute atomic E-state index is 0.0464. The molecule has 0 spiro atoms. The molecule has 0 N–H and O–H groups in total. The van der Waals surface area contributed by atoms with Crippen LogP contribution in [-0.4, -0.2) is 42.7 Å². The number of alkyl halides is 1. The van der Waals surface area contributed by atoms with Crippen LogP contribution < -0.4 is 4.90 Å². The fraction of sp³-hybridized carbons (Fsp3) is 0.650. The van der Waals surface area contributed by atoms with Gasteiger partial charge >= 0.3 is 0 Å². The van der Waals surface area contributed by atoms with E-state index in [0.717, 1.165) is 32.4 Å². The van der Waals surface area contributed by atoms with Gasteiger partial charge in [-0.25, -0.2) is 4.39 Å². The summed E-state index contributed by atoms with van der Waals surface area (Å²) >= 11 is 0. The predicted octanol–water partition coefficient (Wildman–Crippen LogP) is 4.32. The SMILES string of the molecule is O=C(CCF)N(c1ccc(F)cc1)C1CCCCCC1N1CCCC1. The van der Waals surface area contributed by atoms with Crippen molar-refractivity contribution >= 4 is 11.6 Å². The number of rotatable bonds is 5.